The summed E-state index contributed by atoms with van der Waals surface area (Å²) in [5, 5.41) is 0. The zero-order valence-corrected chi connectivity index (χ0v) is 11.6. The molecule has 0 radical (unpaired) electrons. The van der Waals surface area contributed by atoms with Crippen molar-refractivity contribution in [1.82, 2.24) is 4.90 Å². The van der Waals surface area contributed by atoms with Crippen molar-refractivity contribution >= 4 is 11.6 Å². The summed E-state index contributed by atoms with van der Waals surface area (Å²) in [6.45, 7) is 2.45. The van der Waals surface area contributed by atoms with Gasteiger partial charge in [0.2, 0.25) is 0 Å². The molecule has 0 bridgehead atoms. The smallest absolute Gasteiger partial charge is 0.256 e. The van der Waals surface area contributed by atoms with Crippen molar-refractivity contribution in [3.8, 4) is 0 Å². The Morgan fingerprint density at radius 2 is 1.86 bits per heavy atom. The van der Waals surface area contributed by atoms with Crippen molar-refractivity contribution in [1.29, 1.82) is 0 Å². The molecule has 3 nitrogen and oxygen atoms in total. The molecule has 5 heteroatoms. The predicted molar refractivity (Wildman–Crippen MR) is 77.6 cm³/mol. The van der Waals surface area contributed by atoms with E-state index in [1.165, 1.54) is 11.0 Å². The second kappa shape index (κ2) is 6.35. The molecule has 0 aromatic heterocycles. The molecule has 0 aliphatic carbocycles. The fourth-order valence-corrected chi connectivity index (χ4v) is 2.05. The molecule has 0 spiro atoms. The number of carbonyl (C=O) groups excluding carboxylic acids is 1. The number of nitrogen functional groups attached to an aromatic ring is 1. The maximum absolute atomic E-state index is 13.2. The molecule has 110 valence electrons. The first kappa shape index (κ1) is 15.0. The van der Waals surface area contributed by atoms with Gasteiger partial charge in [0.15, 0.2) is 11.6 Å². The van der Waals surface area contributed by atoms with Crippen molar-refractivity contribution < 1.29 is 13.6 Å². The molecule has 0 unspecified atom stereocenters. The van der Waals surface area contributed by atoms with E-state index in [1.807, 2.05) is 6.92 Å². The zero-order chi connectivity index (χ0) is 15.4. The summed E-state index contributed by atoms with van der Waals surface area (Å²) in [4.78, 5) is 14.0. The van der Waals surface area contributed by atoms with Crippen LogP contribution in [-0.2, 0) is 6.54 Å². The molecule has 1 amide bonds. The van der Waals surface area contributed by atoms with E-state index >= 15 is 0 Å². The Labute approximate surface area is 122 Å². The molecule has 2 N–H and O–H groups in total. The lowest BCUT2D eigenvalue weighted by molar-refractivity contribution is 0.0753. The maximum Gasteiger partial charge on any atom is 0.256 e. The Morgan fingerprint density at radius 1 is 1.14 bits per heavy atom. The van der Waals surface area contributed by atoms with Crippen LogP contribution in [0, 0.1) is 11.6 Å². The van der Waals surface area contributed by atoms with Crippen LogP contribution in [0.5, 0.6) is 0 Å². The number of para-hydroxylation sites is 1. The third kappa shape index (κ3) is 3.37. The quantitative estimate of drug-likeness (QED) is 0.879. The van der Waals surface area contributed by atoms with E-state index in [0.717, 1.165) is 12.1 Å². The van der Waals surface area contributed by atoms with Crippen LogP contribution in [0.25, 0.3) is 0 Å². The van der Waals surface area contributed by atoms with Gasteiger partial charge in [-0.1, -0.05) is 18.2 Å². The highest BCUT2D eigenvalue weighted by Crippen LogP contribution is 2.16. The topological polar surface area (TPSA) is 46.3 Å². The summed E-state index contributed by atoms with van der Waals surface area (Å²) in [7, 11) is 0. The number of hydrogen-bond acceptors (Lipinski definition) is 2. The van der Waals surface area contributed by atoms with E-state index in [0.29, 0.717) is 23.4 Å². The average Bonchev–Trinajstić information content (AvgIpc) is 2.48. The minimum absolute atomic E-state index is 0.195. The highest BCUT2D eigenvalue weighted by molar-refractivity contribution is 5.99. The molecular formula is C16H16F2N2O. The Morgan fingerprint density at radius 3 is 2.48 bits per heavy atom. The molecule has 0 saturated carbocycles. The molecule has 21 heavy (non-hydrogen) atoms. The van der Waals surface area contributed by atoms with Gasteiger partial charge in [-0.3, -0.25) is 4.79 Å². The van der Waals surface area contributed by atoms with Crippen LogP contribution in [0.2, 0.25) is 0 Å². The molecule has 0 aliphatic rings. The highest BCUT2D eigenvalue weighted by atomic mass is 19.2. The van der Waals surface area contributed by atoms with Crippen molar-refractivity contribution in [2.75, 3.05) is 12.3 Å². The van der Waals surface area contributed by atoms with E-state index in [-0.39, 0.29) is 12.5 Å². The molecule has 2 aromatic carbocycles. The monoisotopic (exact) mass is 290 g/mol. The first-order valence-electron chi connectivity index (χ1n) is 6.60. The Hall–Kier alpha value is -2.43. The zero-order valence-electron chi connectivity index (χ0n) is 11.6. The number of carbonyl (C=O) groups is 1. The van der Waals surface area contributed by atoms with Crippen LogP contribution in [0.1, 0.15) is 22.8 Å². The molecule has 0 aliphatic heterocycles. The van der Waals surface area contributed by atoms with Gasteiger partial charge in [-0.05, 0) is 36.8 Å². The van der Waals surface area contributed by atoms with Gasteiger partial charge in [-0.2, -0.15) is 0 Å². The fraction of sp³-hybridized carbons (Fsp3) is 0.188. The molecule has 0 atom stereocenters. The number of nitrogens with two attached hydrogens (primary N) is 1. The first-order valence-corrected chi connectivity index (χ1v) is 6.60. The molecule has 0 fully saturated rings. The summed E-state index contributed by atoms with van der Waals surface area (Å²) in [6, 6.07) is 10.4. The Balaban J connectivity index is 2.21. The number of anilines is 1. The number of rotatable bonds is 4. The van der Waals surface area contributed by atoms with Gasteiger partial charge in [0, 0.05) is 18.8 Å². The molecule has 0 saturated heterocycles. The van der Waals surface area contributed by atoms with E-state index in [2.05, 4.69) is 0 Å². The van der Waals surface area contributed by atoms with Crippen LogP contribution in [0.3, 0.4) is 0 Å². The largest absolute Gasteiger partial charge is 0.398 e. The predicted octanol–water partition coefficient (Wildman–Crippen LogP) is 3.21. The van der Waals surface area contributed by atoms with Crippen LogP contribution in [-0.4, -0.2) is 17.4 Å². The van der Waals surface area contributed by atoms with Crippen molar-refractivity contribution in [2.24, 2.45) is 0 Å². The minimum atomic E-state index is -0.921. The summed E-state index contributed by atoms with van der Waals surface area (Å²) < 4.78 is 26.1. The molecule has 2 aromatic rings. The maximum atomic E-state index is 13.2. The lowest BCUT2D eigenvalue weighted by atomic mass is 10.1. The van der Waals surface area contributed by atoms with Gasteiger partial charge in [0.05, 0.1) is 5.56 Å². The van der Waals surface area contributed by atoms with Crippen molar-refractivity contribution in [3.63, 3.8) is 0 Å². The van der Waals surface area contributed by atoms with Gasteiger partial charge in [0.25, 0.3) is 5.91 Å². The molecular weight excluding hydrogens is 274 g/mol. The number of hydrogen-bond donors (Lipinski definition) is 1. The van der Waals surface area contributed by atoms with Crippen molar-refractivity contribution in [3.05, 3.63) is 65.2 Å². The summed E-state index contributed by atoms with van der Waals surface area (Å²) in [5.74, 6) is -2.06. The van der Waals surface area contributed by atoms with Crippen LogP contribution in [0.4, 0.5) is 14.5 Å². The second-order valence-corrected chi connectivity index (χ2v) is 4.66. The van der Waals surface area contributed by atoms with E-state index < -0.39 is 11.6 Å². The standard InChI is InChI=1S/C16H16F2N2O/c1-2-20(10-11-7-8-13(17)14(18)9-11)16(21)12-5-3-4-6-15(12)19/h3-9H,2,10,19H2,1H3. The van der Waals surface area contributed by atoms with Crippen molar-refractivity contribution in [2.45, 2.75) is 13.5 Å². The number of nitrogens with zero attached hydrogens (tertiary/aromatic N) is 1. The average molecular weight is 290 g/mol. The van der Waals surface area contributed by atoms with Gasteiger partial charge in [-0.25, -0.2) is 8.78 Å². The van der Waals surface area contributed by atoms with Gasteiger partial charge >= 0.3 is 0 Å². The van der Waals surface area contributed by atoms with E-state index in [4.69, 9.17) is 5.73 Å². The lowest BCUT2D eigenvalue weighted by Gasteiger charge is -2.22. The minimum Gasteiger partial charge on any atom is -0.398 e. The van der Waals surface area contributed by atoms with Gasteiger partial charge in [0.1, 0.15) is 0 Å². The summed E-state index contributed by atoms with van der Waals surface area (Å²) in [6.07, 6.45) is 0. The third-order valence-electron chi connectivity index (χ3n) is 3.22. The number of benzene rings is 2. The van der Waals surface area contributed by atoms with Gasteiger partial charge < -0.3 is 10.6 Å². The summed E-state index contributed by atoms with van der Waals surface area (Å²) >= 11 is 0. The van der Waals surface area contributed by atoms with E-state index in [9.17, 15) is 13.6 Å². The lowest BCUT2D eigenvalue weighted by Crippen LogP contribution is -2.30. The van der Waals surface area contributed by atoms with Crippen LogP contribution in [0.15, 0.2) is 42.5 Å². The normalized spacial score (nSPS) is 10.4. The van der Waals surface area contributed by atoms with Crippen LogP contribution >= 0.6 is 0 Å². The van der Waals surface area contributed by atoms with E-state index in [1.54, 1.807) is 24.3 Å². The van der Waals surface area contributed by atoms with Gasteiger partial charge in [-0.15, -0.1) is 0 Å². The number of amides is 1. The highest BCUT2D eigenvalue weighted by Gasteiger charge is 2.17. The number of halogens is 2. The second-order valence-electron chi connectivity index (χ2n) is 4.66. The Bertz CT molecular complexity index is 658. The first-order chi connectivity index (χ1) is 10.0. The fourth-order valence-electron chi connectivity index (χ4n) is 2.05. The molecule has 0 heterocycles. The summed E-state index contributed by atoms with van der Waals surface area (Å²) in [5.41, 5.74) is 7.12. The molecule has 2 rings (SSSR count). The SMILES string of the molecule is CCN(Cc1ccc(F)c(F)c1)C(=O)c1ccccc1N. The third-order valence-corrected chi connectivity index (χ3v) is 3.22. The Kier molecular flexibility index (Phi) is 4.52. The van der Waals surface area contributed by atoms with Crippen LogP contribution < -0.4 is 5.73 Å².